The van der Waals surface area contributed by atoms with Gasteiger partial charge >= 0.3 is 6.09 Å². The number of nitrogens with zero attached hydrogens (tertiary/aromatic N) is 3. The molecule has 150 valence electrons. The fourth-order valence-corrected chi connectivity index (χ4v) is 3.31. The van der Waals surface area contributed by atoms with Gasteiger partial charge in [-0.3, -0.25) is 0 Å². The summed E-state index contributed by atoms with van der Waals surface area (Å²) >= 11 is 0. The molecule has 0 unspecified atom stereocenters. The van der Waals surface area contributed by atoms with Crippen molar-refractivity contribution in [3.8, 4) is 0 Å². The topological polar surface area (TPSA) is 57.7 Å². The van der Waals surface area contributed by atoms with Crippen LogP contribution in [-0.4, -0.2) is 47.8 Å². The molecule has 0 saturated carbocycles. The zero-order valence-electron chi connectivity index (χ0n) is 17.2. The van der Waals surface area contributed by atoms with Gasteiger partial charge in [-0.1, -0.05) is 18.2 Å². The second kappa shape index (κ2) is 8.50. The van der Waals surface area contributed by atoms with E-state index >= 15 is 0 Å². The van der Waals surface area contributed by atoms with Gasteiger partial charge in [-0.25, -0.2) is 9.78 Å². The van der Waals surface area contributed by atoms with Crippen molar-refractivity contribution in [3.63, 3.8) is 0 Å². The summed E-state index contributed by atoms with van der Waals surface area (Å²) in [6.07, 6.45) is 3.49. The fraction of sp³-hybridized carbons (Fsp3) is 0.455. The number of benzene rings is 1. The van der Waals surface area contributed by atoms with Gasteiger partial charge in [0.2, 0.25) is 0 Å². The summed E-state index contributed by atoms with van der Waals surface area (Å²) in [5.74, 6) is 0.828. The fourth-order valence-electron chi connectivity index (χ4n) is 3.31. The monoisotopic (exact) mass is 382 g/mol. The highest BCUT2D eigenvalue weighted by Crippen LogP contribution is 2.24. The molecule has 1 aromatic heterocycles. The van der Waals surface area contributed by atoms with Crippen molar-refractivity contribution < 1.29 is 9.53 Å². The normalized spacial score (nSPS) is 15.2. The van der Waals surface area contributed by atoms with Crippen molar-refractivity contribution in [3.05, 3.63) is 48.7 Å². The van der Waals surface area contributed by atoms with E-state index in [1.54, 1.807) is 4.90 Å². The molecule has 2 heterocycles. The van der Waals surface area contributed by atoms with Crippen LogP contribution in [0.2, 0.25) is 0 Å². The number of anilines is 3. The molecule has 0 bridgehead atoms. The Morgan fingerprint density at radius 3 is 2.39 bits per heavy atom. The number of pyridine rings is 1. The van der Waals surface area contributed by atoms with E-state index in [1.807, 2.05) is 70.4 Å². The maximum Gasteiger partial charge on any atom is 0.410 e. The van der Waals surface area contributed by atoms with E-state index in [-0.39, 0.29) is 12.1 Å². The average Bonchev–Trinajstić information content (AvgIpc) is 2.68. The SMILES string of the molecule is CN(C(=O)OC(C)(C)C)C1CCN(c2ccc(Nc3ccccc3)nc2)CC1. The molecule has 0 atom stereocenters. The minimum Gasteiger partial charge on any atom is -0.444 e. The van der Waals surface area contributed by atoms with Gasteiger partial charge in [-0.05, 0) is 57.9 Å². The number of carbonyl (C=O) groups excluding carboxylic acids is 1. The first-order valence-corrected chi connectivity index (χ1v) is 9.81. The molecule has 0 aliphatic carbocycles. The molecule has 2 aromatic rings. The third-order valence-corrected chi connectivity index (χ3v) is 4.85. The van der Waals surface area contributed by atoms with E-state index in [4.69, 9.17) is 4.74 Å². The van der Waals surface area contributed by atoms with Crippen LogP contribution in [0.25, 0.3) is 0 Å². The number of carbonyl (C=O) groups is 1. The van der Waals surface area contributed by atoms with E-state index in [9.17, 15) is 4.79 Å². The summed E-state index contributed by atoms with van der Waals surface area (Å²) in [7, 11) is 1.83. The average molecular weight is 383 g/mol. The van der Waals surface area contributed by atoms with Crippen molar-refractivity contribution in [1.29, 1.82) is 0 Å². The van der Waals surface area contributed by atoms with Crippen LogP contribution < -0.4 is 10.2 Å². The lowest BCUT2D eigenvalue weighted by Gasteiger charge is -2.38. The summed E-state index contributed by atoms with van der Waals surface area (Å²) in [5.41, 5.74) is 1.67. The van der Waals surface area contributed by atoms with Crippen molar-refractivity contribution in [2.45, 2.75) is 45.3 Å². The smallest absolute Gasteiger partial charge is 0.410 e. The summed E-state index contributed by atoms with van der Waals surface area (Å²) < 4.78 is 5.48. The molecule has 1 amide bonds. The molecule has 1 N–H and O–H groups in total. The number of nitrogens with one attached hydrogen (secondary N) is 1. The minimum atomic E-state index is -0.465. The van der Waals surface area contributed by atoms with Crippen LogP contribution >= 0.6 is 0 Å². The van der Waals surface area contributed by atoms with Crippen LogP contribution in [0.5, 0.6) is 0 Å². The lowest BCUT2D eigenvalue weighted by molar-refractivity contribution is 0.0201. The van der Waals surface area contributed by atoms with Gasteiger partial charge in [0.15, 0.2) is 0 Å². The van der Waals surface area contributed by atoms with Gasteiger partial charge in [0.05, 0.1) is 11.9 Å². The summed E-state index contributed by atoms with van der Waals surface area (Å²) in [4.78, 5) is 20.9. The Bertz CT molecular complexity index is 763. The zero-order chi connectivity index (χ0) is 20.1. The lowest BCUT2D eigenvalue weighted by atomic mass is 10.0. The molecular weight excluding hydrogens is 352 g/mol. The summed E-state index contributed by atoms with van der Waals surface area (Å²) in [6, 6.07) is 14.3. The van der Waals surface area contributed by atoms with Crippen molar-refractivity contribution >= 4 is 23.3 Å². The van der Waals surface area contributed by atoms with Crippen molar-refractivity contribution in [1.82, 2.24) is 9.88 Å². The highest BCUT2D eigenvalue weighted by Gasteiger charge is 2.28. The van der Waals surface area contributed by atoms with E-state index in [0.717, 1.165) is 43.1 Å². The van der Waals surface area contributed by atoms with Gasteiger partial charge in [-0.15, -0.1) is 0 Å². The van der Waals surface area contributed by atoms with Crippen molar-refractivity contribution in [2.24, 2.45) is 0 Å². The highest BCUT2D eigenvalue weighted by atomic mass is 16.6. The zero-order valence-corrected chi connectivity index (χ0v) is 17.2. The molecule has 0 spiro atoms. The number of piperidine rings is 1. The molecule has 1 aromatic carbocycles. The van der Waals surface area contributed by atoms with Crippen LogP contribution in [0, 0.1) is 0 Å². The second-order valence-electron chi connectivity index (χ2n) is 8.20. The third kappa shape index (κ3) is 5.38. The van der Waals surface area contributed by atoms with Crippen LogP contribution in [0.1, 0.15) is 33.6 Å². The molecule has 1 aliphatic heterocycles. The maximum atomic E-state index is 12.3. The molecule has 1 fully saturated rings. The molecule has 3 rings (SSSR count). The Balaban J connectivity index is 1.52. The number of amides is 1. The van der Waals surface area contributed by atoms with Crippen molar-refractivity contribution in [2.75, 3.05) is 30.4 Å². The van der Waals surface area contributed by atoms with Gasteiger partial charge in [0.25, 0.3) is 0 Å². The lowest BCUT2D eigenvalue weighted by Crippen LogP contribution is -2.47. The number of para-hydroxylation sites is 1. The molecule has 0 radical (unpaired) electrons. The Hall–Kier alpha value is -2.76. The predicted octanol–water partition coefficient (Wildman–Crippen LogP) is 4.66. The Morgan fingerprint density at radius 2 is 1.82 bits per heavy atom. The highest BCUT2D eigenvalue weighted by molar-refractivity contribution is 5.68. The van der Waals surface area contributed by atoms with Gasteiger partial charge in [0, 0.05) is 31.9 Å². The molecule has 28 heavy (non-hydrogen) atoms. The maximum absolute atomic E-state index is 12.3. The molecule has 6 nitrogen and oxygen atoms in total. The number of hydrogen-bond donors (Lipinski definition) is 1. The van der Waals surface area contributed by atoms with Gasteiger partial charge in [-0.2, -0.15) is 0 Å². The molecule has 6 heteroatoms. The first-order chi connectivity index (χ1) is 13.3. The van der Waals surface area contributed by atoms with Crippen LogP contribution in [0.4, 0.5) is 22.0 Å². The first kappa shape index (κ1) is 20.0. The number of hydrogen-bond acceptors (Lipinski definition) is 5. The van der Waals surface area contributed by atoms with Crippen LogP contribution in [0.15, 0.2) is 48.7 Å². The largest absolute Gasteiger partial charge is 0.444 e. The summed E-state index contributed by atoms with van der Waals surface area (Å²) in [6.45, 7) is 7.47. The van der Waals surface area contributed by atoms with Crippen LogP contribution in [0.3, 0.4) is 0 Å². The van der Waals surface area contributed by atoms with Gasteiger partial charge < -0.3 is 19.9 Å². The number of ether oxygens (including phenoxy) is 1. The Morgan fingerprint density at radius 1 is 1.14 bits per heavy atom. The van der Waals surface area contributed by atoms with Gasteiger partial charge in [0.1, 0.15) is 11.4 Å². The van der Waals surface area contributed by atoms with Crippen LogP contribution in [-0.2, 0) is 4.74 Å². The first-order valence-electron chi connectivity index (χ1n) is 9.81. The molecule has 1 aliphatic rings. The summed E-state index contributed by atoms with van der Waals surface area (Å²) in [5, 5.41) is 3.30. The number of rotatable bonds is 4. The Kier molecular flexibility index (Phi) is 6.07. The number of aromatic nitrogens is 1. The van der Waals surface area contributed by atoms with E-state index < -0.39 is 5.60 Å². The quantitative estimate of drug-likeness (QED) is 0.833. The standard InChI is InChI=1S/C22H30N4O2/c1-22(2,3)28-21(27)25(4)18-12-14-26(15-13-18)19-10-11-20(23-16-19)24-17-8-6-5-7-9-17/h5-11,16,18H,12-15H2,1-4H3,(H,23,24). The Labute approximate surface area is 167 Å². The van der Waals surface area contributed by atoms with E-state index in [1.165, 1.54) is 0 Å². The second-order valence-corrected chi connectivity index (χ2v) is 8.20. The van der Waals surface area contributed by atoms with E-state index in [0.29, 0.717) is 0 Å². The third-order valence-electron chi connectivity index (χ3n) is 4.85. The molecule has 1 saturated heterocycles. The van der Waals surface area contributed by atoms with E-state index in [2.05, 4.69) is 21.3 Å². The predicted molar refractivity (Wildman–Crippen MR) is 113 cm³/mol. The molecular formula is C22H30N4O2. The minimum absolute atomic E-state index is 0.207.